The van der Waals surface area contributed by atoms with Crippen molar-refractivity contribution in [1.82, 2.24) is 4.72 Å². The molecule has 0 aliphatic heterocycles. The molecule has 5 heteroatoms. The highest BCUT2D eigenvalue weighted by molar-refractivity contribution is 7.89. The minimum absolute atomic E-state index is 0.0394. The Morgan fingerprint density at radius 3 is 2.31 bits per heavy atom. The first-order chi connectivity index (χ1) is 6.06. The van der Waals surface area contributed by atoms with Crippen LogP contribution in [0.1, 0.15) is 0 Å². The van der Waals surface area contributed by atoms with E-state index in [1.807, 2.05) is 0 Å². The van der Waals surface area contributed by atoms with Crippen LogP contribution in [-0.4, -0.2) is 15.0 Å². The van der Waals surface area contributed by atoms with Gasteiger partial charge in [-0.2, -0.15) is 0 Å². The zero-order valence-corrected chi connectivity index (χ0v) is 7.64. The molecule has 0 saturated carbocycles. The molecule has 0 aliphatic rings. The first kappa shape index (κ1) is 10.1. The van der Waals surface area contributed by atoms with Gasteiger partial charge in [0, 0.05) is 6.54 Å². The molecule has 0 atom stereocenters. The molecule has 1 aromatic carbocycles. The third kappa shape index (κ3) is 2.50. The summed E-state index contributed by atoms with van der Waals surface area (Å²) in [7, 11) is -3.51. The van der Waals surface area contributed by atoms with E-state index in [-0.39, 0.29) is 11.4 Å². The number of benzene rings is 1. The van der Waals surface area contributed by atoms with Crippen molar-refractivity contribution in [2.45, 2.75) is 4.90 Å². The van der Waals surface area contributed by atoms with Gasteiger partial charge in [0.05, 0.1) is 4.90 Å². The highest BCUT2D eigenvalue weighted by Crippen LogP contribution is 2.08. The molecule has 3 nitrogen and oxygen atoms in total. The molecule has 0 bridgehead atoms. The van der Waals surface area contributed by atoms with Gasteiger partial charge in [0.25, 0.3) is 0 Å². The highest BCUT2D eigenvalue weighted by atomic mass is 32.2. The van der Waals surface area contributed by atoms with E-state index >= 15 is 0 Å². The predicted molar refractivity (Wildman–Crippen MR) is 46.9 cm³/mol. The summed E-state index contributed by atoms with van der Waals surface area (Å²) in [6, 6.07) is 4.59. The van der Waals surface area contributed by atoms with Crippen molar-refractivity contribution in [1.29, 1.82) is 0 Å². The Morgan fingerprint density at radius 1 is 1.31 bits per heavy atom. The van der Waals surface area contributed by atoms with Crippen LogP contribution < -0.4 is 4.72 Å². The lowest BCUT2D eigenvalue weighted by atomic mass is 10.4. The number of hydrogen-bond acceptors (Lipinski definition) is 2. The minimum atomic E-state index is -3.51. The number of halogens is 1. The maximum absolute atomic E-state index is 12.4. The molecular formula is C8H9FNO2S. The zero-order valence-electron chi connectivity index (χ0n) is 6.83. The fourth-order valence-electron chi connectivity index (χ4n) is 0.831. The second-order valence-corrected chi connectivity index (χ2v) is 4.12. The summed E-state index contributed by atoms with van der Waals surface area (Å²) < 4.78 is 37.2. The number of hydrogen-bond donors (Lipinski definition) is 1. The highest BCUT2D eigenvalue weighted by Gasteiger charge is 2.11. The fraction of sp³-hybridized carbons (Fsp3) is 0.125. The lowest BCUT2D eigenvalue weighted by Gasteiger charge is -2.02. The Hall–Kier alpha value is -0.940. The Morgan fingerprint density at radius 2 is 1.85 bits per heavy atom. The first-order valence-electron chi connectivity index (χ1n) is 3.61. The summed E-state index contributed by atoms with van der Waals surface area (Å²) in [6.45, 7) is 3.42. The van der Waals surface area contributed by atoms with E-state index in [1.54, 1.807) is 0 Å². The predicted octanol–water partition coefficient (Wildman–Crippen LogP) is 0.938. The molecule has 0 saturated heterocycles. The molecule has 1 rings (SSSR count). The average molecular weight is 202 g/mol. The maximum Gasteiger partial charge on any atom is 0.240 e. The Bertz CT molecular complexity index is 372. The standard InChI is InChI=1S/C8H9FNO2S/c1-2-10-13(11,12)8-5-3-7(9)4-6-8/h3-6,10H,1-2H2. The van der Waals surface area contributed by atoms with Gasteiger partial charge in [-0.1, -0.05) is 0 Å². The van der Waals surface area contributed by atoms with Crippen molar-refractivity contribution in [3.63, 3.8) is 0 Å². The smallest absolute Gasteiger partial charge is 0.211 e. The molecule has 71 valence electrons. The van der Waals surface area contributed by atoms with Gasteiger partial charge in [-0.3, -0.25) is 0 Å². The van der Waals surface area contributed by atoms with Gasteiger partial charge in [0.1, 0.15) is 5.82 Å². The van der Waals surface area contributed by atoms with E-state index in [2.05, 4.69) is 11.6 Å². The van der Waals surface area contributed by atoms with Crippen molar-refractivity contribution >= 4 is 10.0 Å². The zero-order chi connectivity index (χ0) is 9.90. The SMILES string of the molecule is [CH2]CNS(=O)(=O)c1ccc(F)cc1. The summed E-state index contributed by atoms with van der Waals surface area (Å²) in [5.74, 6) is -0.464. The number of nitrogens with one attached hydrogen (secondary N) is 1. The monoisotopic (exact) mass is 202 g/mol. The largest absolute Gasteiger partial charge is 0.240 e. The second kappa shape index (κ2) is 3.85. The molecule has 0 spiro atoms. The van der Waals surface area contributed by atoms with E-state index in [1.165, 1.54) is 12.1 Å². The molecule has 0 unspecified atom stereocenters. The second-order valence-electron chi connectivity index (χ2n) is 2.35. The molecule has 0 fully saturated rings. The van der Waals surface area contributed by atoms with Crippen LogP contribution in [0.3, 0.4) is 0 Å². The van der Waals surface area contributed by atoms with E-state index in [9.17, 15) is 12.8 Å². The van der Waals surface area contributed by atoms with Crippen LogP contribution in [0.5, 0.6) is 0 Å². The van der Waals surface area contributed by atoms with E-state index in [0.29, 0.717) is 0 Å². The van der Waals surface area contributed by atoms with Crippen molar-refractivity contribution in [3.8, 4) is 0 Å². The van der Waals surface area contributed by atoms with Gasteiger partial charge >= 0.3 is 0 Å². The lowest BCUT2D eigenvalue weighted by molar-refractivity contribution is 0.584. The van der Waals surface area contributed by atoms with E-state index < -0.39 is 15.8 Å². The van der Waals surface area contributed by atoms with Crippen molar-refractivity contribution in [3.05, 3.63) is 37.0 Å². The minimum Gasteiger partial charge on any atom is -0.211 e. The van der Waals surface area contributed by atoms with Gasteiger partial charge in [-0.15, -0.1) is 0 Å². The molecule has 13 heavy (non-hydrogen) atoms. The summed E-state index contributed by atoms with van der Waals surface area (Å²) in [5.41, 5.74) is 0. The Labute approximate surface area is 76.6 Å². The van der Waals surface area contributed by atoms with Gasteiger partial charge < -0.3 is 0 Å². The third-order valence-corrected chi connectivity index (χ3v) is 2.89. The van der Waals surface area contributed by atoms with Crippen LogP contribution in [0.2, 0.25) is 0 Å². The topological polar surface area (TPSA) is 46.2 Å². The molecule has 1 aromatic rings. The molecule has 1 N–H and O–H groups in total. The molecule has 1 radical (unpaired) electrons. The summed E-state index contributed by atoms with van der Waals surface area (Å²) in [6.07, 6.45) is 0. The summed E-state index contributed by atoms with van der Waals surface area (Å²) in [4.78, 5) is 0.0394. The third-order valence-electron chi connectivity index (χ3n) is 1.42. The van der Waals surface area contributed by atoms with Gasteiger partial charge in [0.15, 0.2) is 0 Å². The number of rotatable bonds is 3. The Balaban J connectivity index is 3.02. The average Bonchev–Trinajstić information content (AvgIpc) is 2.05. The fourth-order valence-corrected chi connectivity index (χ4v) is 1.76. The van der Waals surface area contributed by atoms with Gasteiger partial charge in [-0.25, -0.2) is 17.5 Å². The van der Waals surface area contributed by atoms with Crippen molar-refractivity contribution < 1.29 is 12.8 Å². The molecule has 0 aliphatic carbocycles. The molecular weight excluding hydrogens is 193 g/mol. The van der Waals surface area contributed by atoms with E-state index in [0.717, 1.165) is 12.1 Å². The van der Waals surface area contributed by atoms with E-state index in [4.69, 9.17) is 0 Å². The van der Waals surface area contributed by atoms with Crippen LogP contribution in [0.25, 0.3) is 0 Å². The quantitative estimate of drug-likeness (QED) is 0.792. The van der Waals surface area contributed by atoms with Gasteiger partial charge in [-0.05, 0) is 31.2 Å². The number of sulfonamides is 1. The van der Waals surface area contributed by atoms with Gasteiger partial charge in [0.2, 0.25) is 10.0 Å². The van der Waals surface area contributed by atoms with Crippen LogP contribution in [0.15, 0.2) is 29.2 Å². The molecule has 0 heterocycles. The Kier molecular flexibility index (Phi) is 3.00. The molecule has 0 aromatic heterocycles. The van der Waals surface area contributed by atoms with Crippen LogP contribution in [-0.2, 0) is 10.0 Å². The van der Waals surface area contributed by atoms with Crippen molar-refractivity contribution in [2.75, 3.05) is 6.54 Å². The lowest BCUT2D eigenvalue weighted by Crippen LogP contribution is -2.23. The van der Waals surface area contributed by atoms with Crippen molar-refractivity contribution in [2.24, 2.45) is 0 Å². The maximum atomic E-state index is 12.4. The normalized spacial score (nSPS) is 11.5. The van der Waals surface area contributed by atoms with Crippen LogP contribution >= 0.6 is 0 Å². The first-order valence-corrected chi connectivity index (χ1v) is 5.09. The molecule has 0 amide bonds. The summed E-state index contributed by atoms with van der Waals surface area (Å²) in [5, 5.41) is 0. The van der Waals surface area contributed by atoms with Crippen LogP contribution in [0.4, 0.5) is 4.39 Å². The summed E-state index contributed by atoms with van der Waals surface area (Å²) >= 11 is 0. The van der Waals surface area contributed by atoms with Crippen LogP contribution in [0, 0.1) is 12.7 Å².